The van der Waals surface area contributed by atoms with Crippen molar-refractivity contribution in [2.75, 3.05) is 36.8 Å². The van der Waals surface area contributed by atoms with Gasteiger partial charge in [-0.05, 0) is 24.6 Å². The highest BCUT2D eigenvalue weighted by molar-refractivity contribution is 7.13. The molecule has 22 heavy (non-hydrogen) atoms. The van der Waals surface area contributed by atoms with Crippen LogP contribution in [0.1, 0.15) is 11.3 Å². The van der Waals surface area contributed by atoms with Crippen LogP contribution in [-0.4, -0.2) is 42.0 Å². The highest BCUT2D eigenvalue weighted by atomic mass is 32.1. The van der Waals surface area contributed by atoms with Crippen molar-refractivity contribution in [3.05, 3.63) is 40.9 Å². The molecule has 1 aromatic heterocycles. The summed E-state index contributed by atoms with van der Waals surface area (Å²) >= 11 is 1.67. The van der Waals surface area contributed by atoms with Crippen molar-refractivity contribution in [3.63, 3.8) is 0 Å². The number of thiazole rings is 1. The molecule has 1 fully saturated rings. The van der Waals surface area contributed by atoms with Crippen molar-refractivity contribution in [1.82, 2.24) is 9.88 Å². The van der Waals surface area contributed by atoms with Crippen LogP contribution < -0.4 is 10.6 Å². The minimum Gasteiger partial charge on any atom is -0.399 e. The summed E-state index contributed by atoms with van der Waals surface area (Å²) in [6.45, 7) is 5.21. The van der Waals surface area contributed by atoms with E-state index in [0.717, 1.165) is 48.3 Å². The summed E-state index contributed by atoms with van der Waals surface area (Å²) < 4.78 is 0. The Morgan fingerprint density at radius 3 is 2.50 bits per heavy atom. The van der Waals surface area contributed by atoms with Gasteiger partial charge in [-0.3, -0.25) is 4.79 Å². The van der Waals surface area contributed by atoms with E-state index in [0.29, 0.717) is 6.42 Å². The van der Waals surface area contributed by atoms with E-state index in [1.807, 2.05) is 36.1 Å². The Labute approximate surface area is 134 Å². The zero-order chi connectivity index (χ0) is 15.5. The van der Waals surface area contributed by atoms with Crippen molar-refractivity contribution < 1.29 is 4.79 Å². The summed E-state index contributed by atoms with van der Waals surface area (Å²) in [7, 11) is 0. The molecule has 2 N–H and O–H groups in total. The van der Waals surface area contributed by atoms with E-state index in [2.05, 4.69) is 15.3 Å². The van der Waals surface area contributed by atoms with E-state index in [9.17, 15) is 4.79 Å². The molecule has 1 amide bonds. The highest BCUT2D eigenvalue weighted by Crippen LogP contribution is 2.21. The number of aryl methyl sites for hydroxylation is 1. The zero-order valence-electron chi connectivity index (χ0n) is 12.7. The number of anilines is 2. The first-order valence-corrected chi connectivity index (χ1v) is 8.29. The number of nitrogens with zero attached hydrogens (tertiary/aromatic N) is 3. The topological polar surface area (TPSA) is 62.5 Å². The van der Waals surface area contributed by atoms with Crippen LogP contribution in [0.4, 0.5) is 10.8 Å². The molecule has 5 nitrogen and oxygen atoms in total. The van der Waals surface area contributed by atoms with Gasteiger partial charge < -0.3 is 15.5 Å². The third kappa shape index (κ3) is 3.39. The molecule has 0 radical (unpaired) electrons. The van der Waals surface area contributed by atoms with Crippen LogP contribution in [0.3, 0.4) is 0 Å². The smallest absolute Gasteiger partial charge is 0.227 e. The van der Waals surface area contributed by atoms with Gasteiger partial charge in [-0.2, -0.15) is 0 Å². The monoisotopic (exact) mass is 316 g/mol. The van der Waals surface area contributed by atoms with Crippen LogP contribution in [-0.2, 0) is 11.2 Å². The highest BCUT2D eigenvalue weighted by Gasteiger charge is 2.22. The Bertz CT molecular complexity index is 644. The van der Waals surface area contributed by atoms with Crippen LogP contribution in [0.25, 0.3) is 0 Å². The number of nitrogens with two attached hydrogens (primary N) is 1. The van der Waals surface area contributed by atoms with Crippen molar-refractivity contribution in [2.45, 2.75) is 13.3 Å². The van der Waals surface area contributed by atoms with Crippen LogP contribution in [0.5, 0.6) is 0 Å². The maximum absolute atomic E-state index is 12.4. The van der Waals surface area contributed by atoms with Crippen LogP contribution in [0.2, 0.25) is 0 Å². The number of carbonyl (C=O) groups is 1. The summed E-state index contributed by atoms with van der Waals surface area (Å²) in [5, 5.41) is 3.12. The molecule has 0 saturated carbocycles. The summed E-state index contributed by atoms with van der Waals surface area (Å²) in [6, 6.07) is 7.51. The van der Waals surface area contributed by atoms with E-state index in [4.69, 9.17) is 5.73 Å². The van der Waals surface area contributed by atoms with Crippen molar-refractivity contribution in [1.29, 1.82) is 0 Å². The third-order valence-corrected chi connectivity index (χ3v) is 4.86. The lowest BCUT2D eigenvalue weighted by atomic mass is 10.1. The maximum atomic E-state index is 12.4. The molecule has 6 heteroatoms. The lowest BCUT2D eigenvalue weighted by Crippen LogP contribution is -2.49. The van der Waals surface area contributed by atoms with Gasteiger partial charge in [0.2, 0.25) is 5.91 Å². The summed E-state index contributed by atoms with van der Waals surface area (Å²) in [5.74, 6) is 0.180. The fourth-order valence-electron chi connectivity index (χ4n) is 2.56. The van der Waals surface area contributed by atoms with E-state index in [1.165, 1.54) is 0 Å². The van der Waals surface area contributed by atoms with Gasteiger partial charge in [-0.15, -0.1) is 11.3 Å². The fourth-order valence-corrected chi connectivity index (χ4v) is 3.41. The van der Waals surface area contributed by atoms with E-state index in [-0.39, 0.29) is 5.91 Å². The third-order valence-electron chi connectivity index (χ3n) is 3.84. The minimum atomic E-state index is 0.180. The number of nitrogen functional groups attached to an aromatic ring is 1. The Morgan fingerprint density at radius 2 is 1.91 bits per heavy atom. The molecule has 0 atom stereocenters. The normalized spacial score (nSPS) is 15.1. The number of carbonyl (C=O) groups excluding carboxylic acids is 1. The molecule has 0 bridgehead atoms. The van der Waals surface area contributed by atoms with Gasteiger partial charge in [0, 0.05) is 37.2 Å². The first kappa shape index (κ1) is 14.8. The molecule has 1 aromatic carbocycles. The van der Waals surface area contributed by atoms with E-state index < -0.39 is 0 Å². The summed E-state index contributed by atoms with van der Waals surface area (Å²) in [5.41, 5.74) is 8.46. The second kappa shape index (κ2) is 6.36. The van der Waals surface area contributed by atoms with Gasteiger partial charge in [0.15, 0.2) is 5.13 Å². The second-order valence-corrected chi connectivity index (χ2v) is 6.39. The van der Waals surface area contributed by atoms with Gasteiger partial charge in [0.05, 0.1) is 12.1 Å². The van der Waals surface area contributed by atoms with E-state index in [1.54, 1.807) is 11.3 Å². The molecule has 3 rings (SSSR count). The van der Waals surface area contributed by atoms with Gasteiger partial charge in [0.25, 0.3) is 0 Å². The Hall–Kier alpha value is -2.08. The van der Waals surface area contributed by atoms with Gasteiger partial charge in [-0.25, -0.2) is 4.98 Å². The molecule has 116 valence electrons. The number of amides is 1. The van der Waals surface area contributed by atoms with Crippen molar-refractivity contribution in [2.24, 2.45) is 0 Å². The molecule has 0 spiro atoms. The molecular formula is C16H20N4OS. The largest absolute Gasteiger partial charge is 0.399 e. The predicted molar refractivity (Wildman–Crippen MR) is 90.2 cm³/mol. The lowest BCUT2D eigenvalue weighted by Gasteiger charge is -2.34. The quantitative estimate of drug-likeness (QED) is 0.879. The first-order chi connectivity index (χ1) is 10.6. The minimum absolute atomic E-state index is 0.180. The van der Waals surface area contributed by atoms with Crippen LogP contribution >= 0.6 is 11.3 Å². The fraction of sp³-hybridized carbons (Fsp3) is 0.375. The number of piperazine rings is 1. The zero-order valence-corrected chi connectivity index (χ0v) is 13.5. The van der Waals surface area contributed by atoms with Crippen molar-refractivity contribution in [3.8, 4) is 0 Å². The average molecular weight is 316 g/mol. The maximum Gasteiger partial charge on any atom is 0.227 e. The Balaban J connectivity index is 1.54. The molecule has 1 aliphatic rings. The SMILES string of the molecule is Cc1csc(N2CCN(C(=O)Cc3ccc(N)cc3)CC2)n1. The van der Waals surface area contributed by atoms with E-state index >= 15 is 0 Å². The molecule has 2 aromatic rings. The number of hydrogen-bond acceptors (Lipinski definition) is 5. The van der Waals surface area contributed by atoms with Gasteiger partial charge in [-0.1, -0.05) is 12.1 Å². The predicted octanol–water partition coefficient (Wildman–Crippen LogP) is 1.93. The summed E-state index contributed by atoms with van der Waals surface area (Å²) in [4.78, 5) is 21.1. The molecule has 0 aliphatic carbocycles. The van der Waals surface area contributed by atoms with Crippen LogP contribution in [0, 0.1) is 6.92 Å². The molecule has 0 unspecified atom stereocenters. The standard InChI is InChI=1S/C16H20N4OS/c1-12-11-22-16(18-12)20-8-6-19(7-9-20)15(21)10-13-2-4-14(17)5-3-13/h2-5,11H,6-10,17H2,1H3. The summed E-state index contributed by atoms with van der Waals surface area (Å²) in [6.07, 6.45) is 0.441. The molecule has 1 aliphatic heterocycles. The Morgan fingerprint density at radius 1 is 1.23 bits per heavy atom. The molecule has 2 heterocycles. The lowest BCUT2D eigenvalue weighted by molar-refractivity contribution is -0.130. The molecule has 1 saturated heterocycles. The number of hydrogen-bond donors (Lipinski definition) is 1. The number of rotatable bonds is 3. The van der Waals surface area contributed by atoms with Crippen molar-refractivity contribution >= 4 is 28.1 Å². The average Bonchev–Trinajstić information content (AvgIpc) is 2.96. The van der Waals surface area contributed by atoms with Gasteiger partial charge in [0.1, 0.15) is 0 Å². The Kier molecular flexibility index (Phi) is 4.29. The number of aromatic nitrogens is 1. The number of benzene rings is 1. The van der Waals surface area contributed by atoms with Crippen LogP contribution in [0.15, 0.2) is 29.6 Å². The van der Waals surface area contributed by atoms with Gasteiger partial charge >= 0.3 is 0 Å². The molecular weight excluding hydrogens is 296 g/mol. The second-order valence-electron chi connectivity index (χ2n) is 5.56. The first-order valence-electron chi connectivity index (χ1n) is 7.41.